The molecular formula is C18H21ClFN. The van der Waals surface area contributed by atoms with Gasteiger partial charge in [-0.1, -0.05) is 55.8 Å². The summed E-state index contributed by atoms with van der Waals surface area (Å²) in [5, 5.41) is 4.37. The lowest BCUT2D eigenvalue weighted by atomic mass is 9.94. The second kappa shape index (κ2) is 7.06. The van der Waals surface area contributed by atoms with Gasteiger partial charge in [-0.05, 0) is 42.2 Å². The molecule has 0 heterocycles. The van der Waals surface area contributed by atoms with Crippen LogP contribution in [-0.4, -0.2) is 0 Å². The van der Waals surface area contributed by atoms with Crippen molar-refractivity contribution in [3.8, 4) is 0 Å². The maximum absolute atomic E-state index is 13.1. The van der Waals surface area contributed by atoms with Crippen molar-refractivity contribution in [3.05, 3.63) is 70.5 Å². The molecule has 1 N–H and O–H groups in total. The maximum Gasteiger partial charge on any atom is 0.123 e. The summed E-state index contributed by atoms with van der Waals surface area (Å²) in [6.07, 6.45) is 0. The number of hydrogen-bond acceptors (Lipinski definition) is 1. The molecule has 0 aromatic heterocycles. The standard InChI is InChI=1S/C18H21ClFN/c1-12(2)18(14-8-10-15(20)11-9-14)21-13(3)16-6-4-5-7-17(16)19/h4-13,18,21H,1-3H3. The number of halogens is 2. The molecule has 0 saturated carbocycles. The monoisotopic (exact) mass is 305 g/mol. The van der Waals surface area contributed by atoms with Crippen molar-refractivity contribution in [1.82, 2.24) is 5.32 Å². The Hall–Kier alpha value is -1.38. The minimum absolute atomic E-state index is 0.121. The topological polar surface area (TPSA) is 12.0 Å². The summed E-state index contributed by atoms with van der Waals surface area (Å²) in [5.74, 6) is 0.181. The molecule has 0 amide bonds. The first kappa shape index (κ1) is 16.0. The molecule has 2 unspecified atom stereocenters. The molecule has 2 aromatic carbocycles. The van der Waals surface area contributed by atoms with Crippen LogP contribution in [0.1, 0.15) is 44.0 Å². The summed E-state index contributed by atoms with van der Waals surface area (Å²) in [7, 11) is 0. The number of nitrogens with one attached hydrogen (secondary N) is 1. The van der Waals surface area contributed by atoms with Crippen LogP contribution in [0.2, 0.25) is 5.02 Å². The van der Waals surface area contributed by atoms with Crippen LogP contribution in [-0.2, 0) is 0 Å². The second-order valence-electron chi connectivity index (χ2n) is 5.68. The highest BCUT2D eigenvalue weighted by molar-refractivity contribution is 6.31. The Morgan fingerprint density at radius 2 is 1.57 bits per heavy atom. The van der Waals surface area contributed by atoms with Gasteiger partial charge in [-0.2, -0.15) is 0 Å². The van der Waals surface area contributed by atoms with E-state index < -0.39 is 0 Å². The molecule has 3 heteroatoms. The van der Waals surface area contributed by atoms with Crippen molar-refractivity contribution < 1.29 is 4.39 Å². The first-order valence-corrected chi connectivity index (χ1v) is 7.62. The lowest BCUT2D eigenvalue weighted by molar-refractivity contribution is 0.374. The predicted molar refractivity (Wildman–Crippen MR) is 87.0 cm³/mol. The predicted octanol–water partition coefficient (Wildman–Crippen LogP) is 5.53. The third-order valence-electron chi connectivity index (χ3n) is 3.70. The Morgan fingerprint density at radius 3 is 2.14 bits per heavy atom. The minimum atomic E-state index is -0.208. The Labute approximate surface area is 131 Å². The van der Waals surface area contributed by atoms with Crippen LogP contribution in [0.4, 0.5) is 4.39 Å². The highest BCUT2D eigenvalue weighted by Gasteiger charge is 2.19. The van der Waals surface area contributed by atoms with E-state index in [-0.39, 0.29) is 17.9 Å². The molecule has 2 rings (SSSR count). The number of rotatable bonds is 5. The van der Waals surface area contributed by atoms with E-state index in [9.17, 15) is 4.39 Å². The highest BCUT2D eigenvalue weighted by atomic mass is 35.5. The lowest BCUT2D eigenvalue weighted by Crippen LogP contribution is -2.28. The lowest BCUT2D eigenvalue weighted by Gasteiger charge is -2.27. The zero-order valence-corrected chi connectivity index (χ0v) is 13.4. The zero-order chi connectivity index (χ0) is 15.4. The summed E-state index contributed by atoms with van der Waals surface area (Å²) in [5.41, 5.74) is 2.16. The number of benzene rings is 2. The van der Waals surface area contributed by atoms with Gasteiger partial charge >= 0.3 is 0 Å². The van der Waals surface area contributed by atoms with Gasteiger partial charge in [-0.15, -0.1) is 0 Å². The fourth-order valence-corrected chi connectivity index (χ4v) is 2.83. The van der Waals surface area contributed by atoms with Gasteiger partial charge in [0.2, 0.25) is 0 Å². The van der Waals surface area contributed by atoms with Crippen LogP contribution in [0.15, 0.2) is 48.5 Å². The molecule has 2 aromatic rings. The summed E-state index contributed by atoms with van der Waals surface area (Å²) < 4.78 is 13.1. The quantitative estimate of drug-likeness (QED) is 0.766. The van der Waals surface area contributed by atoms with Gasteiger partial charge in [0.05, 0.1) is 0 Å². The van der Waals surface area contributed by atoms with Gasteiger partial charge in [0, 0.05) is 17.1 Å². The summed E-state index contributed by atoms with van der Waals surface area (Å²) in [6, 6.07) is 14.8. The van der Waals surface area contributed by atoms with E-state index in [0.717, 1.165) is 16.1 Å². The van der Waals surface area contributed by atoms with Gasteiger partial charge in [0.25, 0.3) is 0 Å². The van der Waals surface area contributed by atoms with E-state index >= 15 is 0 Å². The van der Waals surface area contributed by atoms with Crippen molar-refractivity contribution in [2.75, 3.05) is 0 Å². The molecule has 0 spiro atoms. The first-order chi connectivity index (χ1) is 9.99. The molecule has 0 aliphatic rings. The Balaban J connectivity index is 2.20. The summed E-state index contributed by atoms with van der Waals surface area (Å²) in [6.45, 7) is 6.40. The van der Waals surface area contributed by atoms with E-state index in [1.807, 2.05) is 36.4 Å². The van der Waals surface area contributed by atoms with E-state index in [1.165, 1.54) is 12.1 Å². The molecule has 0 bridgehead atoms. The smallest absolute Gasteiger partial charge is 0.123 e. The Bertz CT molecular complexity index is 580. The van der Waals surface area contributed by atoms with Crippen molar-refractivity contribution in [2.45, 2.75) is 32.9 Å². The average Bonchev–Trinajstić information content (AvgIpc) is 2.46. The maximum atomic E-state index is 13.1. The van der Waals surface area contributed by atoms with Gasteiger partial charge in [0.1, 0.15) is 5.82 Å². The molecule has 112 valence electrons. The zero-order valence-electron chi connectivity index (χ0n) is 12.6. The third-order valence-corrected chi connectivity index (χ3v) is 4.04. The van der Waals surface area contributed by atoms with Crippen LogP contribution < -0.4 is 5.32 Å². The molecule has 21 heavy (non-hydrogen) atoms. The molecule has 2 atom stereocenters. The van der Waals surface area contributed by atoms with Crippen LogP contribution in [0.25, 0.3) is 0 Å². The van der Waals surface area contributed by atoms with Crippen molar-refractivity contribution >= 4 is 11.6 Å². The van der Waals surface area contributed by atoms with Crippen LogP contribution >= 0.6 is 11.6 Å². The molecule has 0 radical (unpaired) electrons. The van der Waals surface area contributed by atoms with Gasteiger partial charge in [-0.3, -0.25) is 0 Å². The molecule has 0 aliphatic carbocycles. The minimum Gasteiger partial charge on any atom is -0.303 e. The molecule has 0 aliphatic heterocycles. The van der Waals surface area contributed by atoms with E-state index in [1.54, 1.807) is 0 Å². The molecular weight excluding hydrogens is 285 g/mol. The van der Waals surface area contributed by atoms with Gasteiger partial charge < -0.3 is 5.32 Å². The highest BCUT2D eigenvalue weighted by Crippen LogP contribution is 2.28. The third kappa shape index (κ3) is 4.05. The van der Waals surface area contributed by atoms with E-state index in [0.29, 0.717) is 5.92 Å². The van der Waals surface area contributed by atoms with Crippen LogP contribution in [0, 0.1) is 11.7 Å². The average molecular weight is 306 g/mol. The normalized spacial score (nSPS) is 14.2. The van der Waals surface area contributed by atoms with Crippen molar-refractivity contribution in [1.29, 1.82) is 0 Å². The first-order valence-electron chi connectivity index (χ1n) is 7.25. The molecule has 0 fully saturated rings. The van der Waals surface area contributed by atoms with Crippen LogP contribution in [0.5, 0.6) is 0 Å². The molecule has 0 saturated heterocycles. The van der Waals surface area contributed by atoms with Gasteiger partial charge in [0.15, 0.2) is 0 Å². The largest absolute Gasteiger partial charge is 0.303 e. The summed E-state index contributed by atoms with van der Waals surface area (Å²) in [4.78, 5) is 0. The van der Waals surface area contributed by atoms with Crippen LogP contribution in [0.3, 0.4) is 0 Å². The van der Waals surface area contributed by atoms with E-state index in [4.69, 9.17) is 11.6 Å². The summed E-state index contributed by atoms with van der Waals surface area (Å²) >= 11 is 6.26. The van der Waals surface area contributed by atoms with Gasteiger partial charge in [-0.25, -0.2) is 4.39 Å². The van der Waals surface area contributed by atoms with Crippen molar-refractivity contribution in [2.24, 2.45) is 5.92 Å². The Morgan fingerprint density at radius 1 is 0.952 bits per heavy atom. The second-order valence-corrected chi connectivity index (χ2v) is 6.09. The van der Waals surface area contributed by atoms with Crippen molar-refractivity contribution in [3.63, 3.8) is 0 Å². The number of hydrogen-bond donors (Lipinski definition) is 1. The molecule has 1 nitrogen and oxygen atoms in total. The SMILES string of the molecule is CC(NC(c1ccc(F)cc1)C(C)C)c1ccccc1Cl. The fourth-order valence-electron chi connectivity index (χ4n) is 2.53. The Kier molecular flexibility index (Phi) is 5.38. The van der Waals surface area contributed by atoms with E-state index in [2.05, 4.69) is 26.1 Å². The fraction of sp³-hybridized carbons (Fsp3) is 0.333.